The number of aromatic nitrogens is 2. The highest BCUT2D eigenvalue weighted by Gasteiger charge is 2.21. The zero-order valence-corrected chi connectivity index (χ0v) is 13.9. The van der Waals surface area contributed by atoms with Gasteiger partial charge in [-0.1, -0.05) is 24.9 Å². The summed E-state index contributed by atoms with van der Waals surface area (Å²) in [5, 5.41) is 7.74. The normalized spacial score (nSPS) is 22.0. The van der Waals surface area contributed by atoms with Crippen molar-refractivity contribution in [3.05, 3.63) is 21.6 Å². The van der Waals surface area contributed by atoms with Crippen LogP contribution in [-0.4, -0.2) is 41.9 Å². The number of halogens is 1. The van der Waals surface area contributed by atoms with Gasteiger partial charge in [0.05, 0.1) is 18.4 Å². The van der Waals surface area contributed by atoms with Crippen LogP contribution in [0.2, 0.25) is 5.02 Å². The van der Waals surface area contributed by atoms with E-state index >= 15 is 0 Å². The van der Waals surface area contributed by atoms with E-state index < -0.39 is 0 Å². The fourth-order valence-corrected chi connectivity index (χ4v) is 3.02. The van der Waals surface area contributed by atoms with Gasteiger partial charge in [0.2, 0.25) is 0 Å². The van der Waals surface area contributed by atoms with Gasteiger partial charge in [0.1, 0.15) is 5.02 Å². The first kappa shape index (κ1) is 16.3. The summed E-state index contributed by atoms with van der Waals surface area (Å²) < 4.78 is 1.42. The van der Waals surface area contributed by atoms with E-state index in [4.69, 9.17) is 11.6 Å². The van der Waals surface area contributed by atoms with E-state index in [-0.39, 0.29) is 10.6 Å². The molecule has 1 aromatic heterocycles. The number of rotatable bonds is 6. The van der Waals surface area contributed by atoms with Gasteiger partial charge in [-0.15, -0.1) is 0 Å². The second-order valence-electron chi connectivity index (χ2n) is 6.37. The minimum absolute atomic E-state index is 0.219. The molecular weight excluding hydrogens is 288 g/mol. The molecule has 0 aromatic carbocycles. The molecule has 1 heterocycles. The van der Waals surface area contributed by atoms with Crippen LogP contribution in [0.1, 0.15) is 26.2 Å². The van der Waals surface area contributed by atoms with Crippen molar-refractivity contribution in [3.8, 4) is 0 Å². The number of hydrogen-bond donors (Lipinski definition) is 1. The van der Waals surface area contributed by atoms with E-state index in [1.807, 2.05) is 19.0 Å². The van der Waals surface area contributed by atoms with Crippen LogP contribution in [0, 0.1) is 11.8 Å². The zero-order valence-electron chi connectivity index (χ0n) is 13.1. The molecule has 0 amide bonds. The fourth-order valence-electron chi connectivity index (χ4n) is 2.81. The molecule has 0 aliphatic heterocycles. The Morgan fingerprint density at radius 2 is 2.24 bits per heavy atom. The summed E-state index contributed by atoms with van der Waals surface area (Å²) in [6.45, 7) is 4.47. The van der Waals surface area contributed by atoms with Gasteiger partial charge in [-0.25, -0.2) is 4.68 Å². The summed E-state index contributed by atoms with van der Waals surface area (Å²) in [6, 6.07) is 0. The maximum atomic E-state index is 12.2. The van der Waals surface area contributed by atoms with Crippen molar-refractivity contribution in [1.29, 1.82) is 0 Å². The van der Waals surface area contributed by atoms with Gasteiger partial charge in [-0.05, 0) is 38.8 Å². The molecule has 1 aliphatic carbocycles. The molecule has 1 saturated carbocycles. The molecule has 2 atom stereocenters. The zero-order chi connectivity index (χ0) is 15.4. The summed E-state index contributed by atoms with van der Waals surface area (Å²) in [7, 11) is 3.93. The van der Waals surface area contributed by atoms with Crippen LogP contribution in [0.25, 0.3) is 0 Å². The highest BCUT2D eigenvalue weighted by molar-refractivity contribution is 6.32. The third kappa shape index (κ3) is 4.45. The van der Waals surface area contributed by atoms with Crippen molar-refractivity contribution >= 4 is 17.3 Å². The topological polar surface area (TPSA) is 50.2 Å². The largest absolute Gasteiger partial charge is 0.382 e. The summed E-state index contributed by atoms with van der Waals surface area (Å²) in [5.41, 5.74) is 0.436. The molecular formula is C15H25ClN4O. The van der Waals surface area contributed by atoms with Crippen molar-refractivity contribution in [2.75, 3.05) is 32.5 Å². The molecule has 5 nitrogen and oxygen atoms in total. The van der Waals surface area contributed by atoms with Crippen molar-refractivity contribution in [3.63, 3.8) is 0 Å². The molecule has 0 spiro atoms. The van der Waals surface area contributed by atoms with E-state index in [9.17, 15) is 4.79 Å². The standard InChI is InChI=1S/C15H25ClN4O/c1-11-4-5-12(8-11)9-17-13-10-18-20(7-6-19(2)3)15(21)14(13)16/h10-12,17H,4-9H2,1-3H3. The smallest absolute Gasteiger partial charge is 0.287 e. The molecule has 1 N–H and O–H groups in total. The van der Waals surface area contributed by atoms with Crippen molar-refractivity contribution in [1.82, 2.24) is 14.7 Å². The predicted octanol–water partition coefficient (Wildman–Crippen LogP) is 2.31. The second kappa shape index (κ2) is 7.27. The van der Waals surface area contributed by atoms with Crippen molar-refractivity contribution < 1.29 is 0 Å². The Kier molecular flexibility index (Phi) is 5.65. The Morgan fingerprint density at radius 3 is 2.86 bits per heavy atom. The lowest BCUT2D eigenvalue weighted by Crippen LogP contribution is -2.29. The number of nitrogens with zero attached hydrogens (tertiary/aromatic N) is 3. The van der Waals surface area contributed by atoms with Gasteiger partial charge in [0.25, 0.3) is 5.56 Å². The average molecular weight is 313 g/mol. The van der Waals surface area contributed by atoms with Crippen molar-refractivity contribution in [2.24, 2.45) is 11.8 Å². The first-order valence-corrected chi connectivity index (χ1v) is 7.99. The van der Waals surface area contributed by atoms with E-state index in [0.717, 1.165) is 19.0 Å². The van der Waals surface area contributed by atoms with Crippen LogP contribution in [-0.2, 0) is 6.54 Å². The van der Waals surface area contributed by atoms with Crippen LogP contribution >= 0.6 is 11.6 Å². The molecule has 2 rings (SSSR count). The van der Waals surface area contributed by atoms with Crippen LogP contribution < -0.4 is 10.9 Å². The molecule has 1 aliphatic rings. The molecule has 6 heteroatoms. The first-order valence-electron chi connectivity index (χ1n) is 7.61. The highest BCUT2D eigenvalue weighted by Crippen LogP contribution is 2.30. The van der Waals surface area contributed by atoms with Gasteiger partial charge in [-0.3, -0.25) is 4.79 Å². The quantitative estimate of drug-likeness (QED) is 0.876. The Hall–Kier alpha value is -1.07. The van der Waals surface area contributed by atoms with Gasteiger partial charge in [0, 0.05) is 13.1 Å². The third-order valence-electron chi connectivity index (χ3n) is 4.13. The van der Waals surface area contributed by atoms with Crippen molar-refractivity contribution in [2.45, 2.75) is 32.7 Å². The lowest BCUT2D eigenvalue weighted by molar-refractivity contribution is 0.367. The Bertz CT molecular complexity index is 529. The fraction of sp³-hybridized carbons (Fsp3) is 0.733. The molecule has 0 saturated heterocycles. The van der Waals surface area contributed by atoms with Gasteiger partial charge in [0.15, 0.2) is 0 Å². The van der Waals surface area contributed by atoms with E-state index in [1.165, 1.54) is 23.9 Å². The summed E-state index contributed by atoms with van der Waals surface area (Å²) in [4.78, 5) is 14.2. The van der Waals surface area contributed by atoms with E-state index in [0.29, 0.717) is 18.2 Å². The molecule has 21 heavy (non-hydrogen) atoms. The summed E-state index contributed by atoms with van der Waals surface area (Å²) in [5.74, 6) is 1.48. The Labute approximate surface area is 131 Å². The lowest BCUT2D eigenvalue weighted by Gasteiger charge is -2.14. The third-order valence-corrected chi connectivity index (χ3v) is 4.49. The molecule has 1 fully saturated rings. The molecule has 2 unspecified atom stereocenters. The monoisotopic (exact) mass is 312 g/mol. The Morgan fingerprint density at radius 1 is 1.48 bits per heavy atom. The van der Waals surface area contributed by atoms with Gasteiger partial charge in [-0.2, -0.15) is 5.10 Å². The van der Waals surface area contributed by atoms with Gasteiger partial charge >= 0.3 is 0 Å². The molecule has 0 radical (unpaired) electrons. The summed E-state index contributed by atoms with van der Waals surface area (Å²) >= 11 is 6.18. The number of likely N-dealkylation sites (N-methyl/N-ethyl adjacent to an activating group) is 1. The average Bonchev–Trinajstić information content (AvgIpc) is 2.85. The maximum Gasteiger partial charge on any atom is 0.287 e. The number of anilines is 1. The first-order chi connectivity index (χ1) is 9.97. The summed E-state index contributed by atoms with van der Waals surface area (Å²) in [6.07, 6.45) is 5.46. The minimum atomic E-state index is -0.219. The number of nitrogens with one attached hydrogen (secondary N) is 1. The lowest BCUT2D eigenvalue weighted by atomic mass is 10.1. The van der Waals surface area contributed by atoms with Gasteiger partial charge < -0.3 is 10.2 Å². The van der Waals surface area contributed by atoms with Crippen LogP contribution in [0.5, 0.6) is 0 Å². The molecule has 118 valence electrons. The Balaban J connectivity index is 1.98. The SMILES string of the molecule is CC1CCC(CNc2cnn(CCN(C)C)c(=O)c2Cl)C1. The molecule has 1 aromatic rings. The van der Waals surface area contributed by atoms with E-state index in [1.54, 1.807) is 6.20 Å². The minimum Gasteiger partial charge on any atom is -0.382 e. The predicted molar refractivity (Wildman–Crippen MR) is 87.1 cm³/mol. The highest BCUT2D eigenvalue weighted by atomic mass is 35.5. The van der Waals surface area contributed by atoms with E-state index in [2.05, 4.69) is 17.3 Å². The molecule has 0 bridgehead atoms. The number of hydrogen-bond acceptors (Lipinski definition) is 4. The second-order valence-corrected chi connectivity index (χ2v) is 6.75. The van der Waals surface area contributed by atoms with Crippen LogP contribution in [0.15, 0.2) is 11.0 Å². The van der Waals surface area contributed by atoms with Crippen LogP contribution in [0.4, 0.5) is 5.69 Å². The maximum absolute atomic E-state index is 12.2. The van der Waals surface area contributed by atoms with Crippen LogP contribution in [0.3, 0.4) is 0 Å².